The molecule has 0 spiro atoms. The third kappa shape index (κ3) is 4.77. The van der Waals surface area contributed by atoms with Gasteiger partial charge in [0, 0.05) is 12.1 Å². The van der Waals surface area contributed by atoms with Crippen molar-refractivity contribution < 1.29 is 32.5 Å². The fourth-order valence-electron chi connectivity index (χ4n) is 3.28. The predicted octanol–water partition coefficient (Wildman–Crippen LogP) is 3.83. The third-order valence-corrected chi connectivity index (χ3v) is 5.59. The van der Waals surface area contributed by atoms with E-state index in [2.05, 4.69) is 19.7 Å². The Bertz CT molecular complexity index is 1520. The van der Waals surface area contributed by atoms with E-state index in [1.165, 1.54) is 32.4 Å². The van der Waals surface area contributed by atoms with Crippen molar-refractivity contribution in [1.29, 1.82) is 0 Å². The molecule has 14 heteroatoms. The molecule has 0 saturated heterocycles. The SMILES string of the molecule is COC(=O)COc1cc(Cl)c(-n2c(=O)[nH]c3c(Cl)ncnc32)cc1OCc1c(OC)ccc(F)c1F. The number of imidazole rings is 1. The van der Waals surface area contributed by atoms with E-state index < -0.39 is 36.5 Å². The fraction of sp³-hybridized carbons (Fsp3) is 0.182. The van der Waals surface area contributed by atoms with Crippen molar-refractivity contribution >= 4 is 40.3 Å². The van der Waals surface area contributed by atoms with Gasteiger partial charge in [0.25, 0.3) is 0 Å². The Balaban J connectivity index is 1.81. The molecule has 2 heterocycles. The molecule has 0 saturated carbocycles. The minimum atomic E-state index is -1.17. The largest absolute Gasteiger partial charge is 0.496 e. The lowest BCUT2D eigenvalue weighted by atomic mass is 10.2. The van der Waals surface area contributed by atoms with Gasteiger partial charge >= 0.3 is 11.7 Å². The highest BCUT2D eigenvalue weighted by Crippen LogP contribution is 2.37. The molecule has 0 unspecified atom stereocenters. The molecule has 4 rings (SSSR count). The van der Waals surface area contributed by atoms with Crippen LogP contribution in [0.15, 0.2) is 35.4 Å². The lowest BCUT2D eigenvalue weighted by molar-refractivity contribution is -0.142. The number of esters is 1. The summed E-state index contributed by atoms with van der Waals surface area (Å²) in [6, 6.07) is 4.75. The number of hydrogen-bond acceptors (Lipinski definition) is 8. The number of nitrogens with one attached hydrogen (secondary N) is 1. The number of H-pyrrole nitrogens is 1. The Labute approximate surface area is 211 Å². The van der Waals surface area contributed by atoms with Gasteiger partial charge < -0.3 is 23.9 Å². The topological polar surface area (TPSA) is 118 Å². The van der Waals surface area contributed by atoms with Crippen molar-refractivity contribution in [1.82, 2.24) is 19.5 Å². The molecule has 4 aromatic rings. The van der Waals surface area contributed by atoms with Crippen LogP contribution in [0, 0.1) is 11.6 Å². The lowest BCUT2D eigenvalue weighted by Crippen LogP contribution is -2.16. The molecule has 0 aliphatic rings. The molecule has 0 aliphatic heterocycles. The summed E-state index contributed by atoms with van der Waals surface area (Å²) < 4.78 is 50.3. The summed E-state index contributed by atoms with van der Waals surface area (Å²) in [4.78, 5) is 34.8. The summed E-state index contributed by atoms with van der Waals surface area (Å²) in [6.07, 6.45) is 1.16. The van der Waals surface area contributed by atoms with Crippen LogP contribution in [-0.4, -0.2) is 46.3 Å². The third-order valence-electron chi connectivity index (χ3n) is 5.00. The second-order valence-electron chi connectivity index (χ2n) is 7.07. The number of ether oxygens (including phenoxy) is 4. The van der Waals surface area contributed by atoms with Gasteiger partial charge in [0.15, 0.2) is 40.5 Å². The Hall–Kier alpha value is -3.90. The van der Waals surface area contributed by atoms with E-state index in [9.17, 15) is 18.4 Å². The number of carbonyl (C=O) groups excluding carboxylic acids is 1. The quantitative estimate of drug-likeness (QED) is 0.264. The van der Waals surface area contributed by atoms with Crippen LogP contribution < -0.4 is 19.9 Å². The molecule has 0 aliphatic carbocycles. The van der Waals surface area contributed by atoms with Crippen molar-refractivity contribution in [3.63, 3.8) is 0 Å². The first-order valence-electron chi connectivity index (χ1n) is 10.0. The van der Waals surface area contributed by atoms with Crippen molar-refractivity contribution in [3.8, 4) is 22.9 Å². The van der Waals surface area contributed by atoms with Gasteiger partial charge in [-0.1, -0.05) is 23.2 Å². The Morgan fingerprint density at radius 3 is 2.56 bits per heavy atom. The lowest BCUT2D eigenvalue weighted by Gasteiger charge is -2.17. The summed E-state index contributed by atoms with van der Waals surface area (Å²) in [5.74, 6) is -3.02. The van der Waals surface area contributed by atoms with Crippen LogP contribution in [0.3, 0.4) is 0 Å². The first-order chi connectivity index (χ1) is 17.2. The number of methoxy groups -OCH3 is 2. The zero-order valence-electron chi connectivity index (χ0n) is 18.6. The summed E-state index contributed by atoms with van der Waals surface area (Å²) in [6.45, 7) is -1.00. The maximum Gasteiger partial charge on any atom is 0.343 e. The maximum absolute atomic E-state index is 14.5. The molecule has 0 bridgehead atoms. The summed E-state index contributed by atoms with van der Waals surface area (Å²) in [5.41, 5.74) is -0.470. The van der Waals surface area contributed by atoms with Gasteiger partial charge in [0.2, 0.25) is 0 Å². The number of carbonyl (C=O) groups is 1. The van der Waals surface area contributed by atoms with Crippen LogP contribution in [0.1, 0.15) is 5.56 Å². The van der Waals surface area contributed by atoms with E-state index in [4.69, 9.17) is 37.4 Å². The number of benzene rings is 2. The number of nitrogens with zero attached hydrogens (tertiary/aromatic N) is 3. The normalized spacial score (nSPS) is 10.9. The highest BCUT2D eigenvalue weighted by Gasteiger charge is 2.21. The summed E-state index contributed by atoms with van der Waals surface area (Å²) in [5, 5.41) is 0.0182. The van der Waals surface area contributed by atoms with Gasteiger partial charge in [-0.2, -0.15) is 0 Å². The van der Waals surface area contributed by atoms with E-state index in [0.717, 1.165) is 17.0 Å². The van der Waals surface area contributed by atoms with Gasteiger partial charge in [-0.25, -0.2) is 32.9 Å². The Morgan fingerprint density at radius 2 is 1.83 bits per heavy atom. The number of aromatic amines is 1. The summed E-state index contributed by atoms with van der Waals surface area (Å²) in [7, 11) is 2.46. The number of rotatable bonds is 8. The monoisotopic (exact) mass is 540 g/mol. The molecule has 2 aromatic carbocycles. The zero-order valence-corrected chi connectivity index (χ0v) is 20.1. The van der Waals surface area contributed by atoms with Gasteiger partial charge in [-0.3, -0.25) is 0 Å². The van der Waals surface area contributed by atoms with Crippen LogP contribution in [-0.2, 0) is 16.1 Å². The molecular weight excluding hydrogens is 525 g/mol. The van der Waals surface area contributed by atoms with Gasteiger partial charge in [-0.15, -0.1) is 0 Å². The van der Waals surface area contributed by atoms with Gasteiger partial charge in [-0.05, 0) is 12.1 Å². The number of fused-ring (bicyclic) bond motifs is 1. The number of aromatic nitrogens is 4. The average molecular weight is 541 g/mol. The van der Waals surface area contributed by atoms with Crippen molar-refractivity contribution in [2.45, 2.75) is 6.61 Å². The van der Waals surface area contributed by atoms with E-state index in [1.54, 1.807) is 0 Å². The van der Waals surface area contributed by atoms with Crippen LogP contribution in [0.2, 0.25) is 10.2 Å². The van der Waals surface area contributed by atoms with Crippen molar-refractivity contribution in [3.05, 3.63) is 68.5 Å². The maximum atomic E-state index is 14.5. The molecule has 0 amide bonds. The van der Waals surface area contributed by atoms with Crippen LogP contribution >= 0.6 is 23.2 Å². The highest BCUT2D eigenvalue weighted by molar-refractivity contribution is 6.34. The second-order valence-corrected chi connectivity index (χ2v) is 7.84. The molecule has 188 valence electrons. The minimum Gasteiger partial charge on any atom is -0.496 e. The minimum absolute atomic E-state index is 0.00877. The first kappa shape index (κ1) is 25.2. The molecular formula is C22H16Cl2F2N4O6. The molecule has 2 aromatic heterocycles. The molecule has 36 heavy (non-hydrogen) atoms. The number of hydrogen-bond donors (Lipinski definition) is 1. The van der Waals surface area contributed by atoms with Crippen LogP contribution in [0.25, 0.3) is 16.9 Å². The van der Waals surface area contributed by atoms with E-state index >= 15 is 0 Å². The molecule has 10 nitrogen and oxygen atoms in total. The average Bonchev–Trinajstić information content (AvgIpc) is 3.21. The summed E-state index contributed by atoms with van der Waals surface area (Å²) >= 11 is 12.5. The smallest absolute Gasteiger partial charge is 0.343 e. The van der Waals surface area contributed by atoms with Crippen molar-refractivity contribution in [2.75, 3.05) is 20.8 Å². The van der Waals surface area contributed by atoms with Gasteiger partial charge in [0.1, 0.15) is 24.2 Å². The predicted molar refractivity (Wildman–Crippen MR) is 124 cm³/mol. The number of halogens is 4. The Kier molecular flexibility index (Phi) is 7.27. The van der Waals surface area contributed by atoms with E-state index in [1.807, 2.05) is 0 Å². The molecule has 0 radical (unpaired) electrons. The van der Waals surface area contributed by atoms with Gasteiger partial charge in [0.05, 0.1) is 30.5 Å². The molecule has 1 N–H and O–H groups in total. The molecule has 0 fully saturated rings. The van der Waals surface area contributed by atoms with Crippen molar-refractivity contribution in [2.24, 2.45) is 0 Å². The Morgan fingerprint density at radius 1 is 1.08 bits per heavy atom. The second kappa shape index (κ2) is 10.4. The zero-order chi connectivity index (χ0) is 26.0. The van der Waals surface area contributed by atoms with E-state index in [-0.39, 0.29) is 49.8 Å². The van der Waals surface area contributed by atoms with E-state index in [0.29, 0.717) is 0 Å². The highest BCUT2D eigenvalue weighted by atomic mass is 35.5. The fourth-order valence-corrected chi connectivity index (χ4v) is 3.70. The standard InChI is InChI=1S/C22H16Cl2F2N4O6/c1-33-14-4-3-12(25)18(26)10(14)7-35-16-6-13(11(23)5-15(16)36-8-17(31)34-2)30-21-19(29-22(30)32)20(24)27-9-28-21/h3-6,9H,7-8H2,1-2H3,(H,29,32). The molecule has 0 atom stereocenters. The first-order valence-corrected chi connectivity index (χ1v) is 10.8. The van der Waals surface area contributed by atoms with Crippen LogP contribution in [0.4, 0.5) is 8.78 Å². The van der Waals surface area contributed by atoms with Crippen LogP contribution in [0.5, 0.6) is 17.2 Å².